The number of para-hydroxylation sites is 1. The third-order valence-electron chi connectivity index (χ3n) is 3.12. The molecule has 5 heteroatoms. The van der Waals surface area contributed by atoms with Crippen molar-refractivity contribution < 1.29 is 13.9 Å². The lowest BCUT2D eigenvalue weighted by atomic mass is 10.0. The molecule has 4 nitrogen and oxygen atoms in total. The monoisotopic (exact) mass is 282 g/mol. The van der Waals surface area contributed by atoms with Crippen LogP contribution in [-0.4, -0.2) is 37.6 Å². The smallest absolute Gasteiger partial charge is 0.225 e. The maximum Gasteiger partial charge on any atom is 0.225 e. The number of benzene rings is 1. The Morgan fingerprint density at radius 1 is 1.45 bits per heavy atom. The molecular weight excluding hydrogens is 259 g/mol. The van der Waals surface area contributed by atoms with E-state index in [1.54, 1.807) is 20.2 Å². The molecular formula is C15H23FN2O2. The predicted octanol–water partition coefficient (Wildman–Crippen LogP) is 1.96. The number of nitrogens with two attached hydrogens (primary N) is 1. The van der Waals surface area contributed by atoms with Crippen molar-refractivity contribution in [3.8, 4) is 5.75 Å². The van der Waals surface area contributed by atoms with Crippen LogP contribution in [0.2, 0.25) is 0 Å². The highest BCUT2D eigenvalue weighted by atomic mass is 19.1. The zero-order chi connectivity index (χ0) is 15.1. The number of carbonyl (C=O) groups excluding carboxylic acids is 1. The quantitative estimate of drug-likeness (QED) is 0.832. The van der Waals surface area contributed by atoms with Gasteiger partial charge >= 0.3 is 0 Å². The summed E-state index contributed by atoms with van der Waals surface area (Å²) in [5.41, 5.74) is 6.65. The van der Waals surface area contributed by atoms with E-state index >= 15 is 0 Å². The van der Waals surface area contributed by atoms with Crippen LogP contribution >= 0.6 is 0 Å². The van der Waals surface area contributed by atoms with Gasteiger partial charge in [-0.25, -0.2) is 4.39 Å². The Kier molecular flexibility index (Phi) is 6.45. The van der Waals surface area contributed by atoms with Gasteiger partial charge in [0.1, 0.15) is 0 Å². The van der Waals surface area contributed by atoms with Crippen LogP contribution in [0.3, 0.4) is 0 Å². The Hall–Kier alpha value is -1.62. The SMILES string of the molecule is CCC(N)Cc1cccc(F)c1OCCC(=O)N(C)C. The maximum absolute atomic E-state index is 13.8. The molecule has 0 aliphatic heterocycles. The molecule has 1 rings (SSSR count). The first kappa shape index (κ1) is 16.4. The fourth-order valence-corrected chi connectivity index (χ4v) is 1.77. The molecule has 0 saturated carbocycles. The minimum Gasteiger partial charge on any atom is -0.490 e. The minimum atomic E-state index is -0.414. The van der Waals surface area contributed by atoms with Crippen LogP contribution in [0.15, 0.2) is 18.2 Å². The molecule has 0 aliphatic rings. The first-order valence-electron chi connectivity index (χ1n) is 6.81. The van der Waals surface area contributed by atoms with Gasteiger partial charge in [-0.1, -0.05) is 19.1 Å². The summed E-state index contributed by atoms with van der Waals surface area (Å²) in [6.07, 6.45) is 1.60. The molecule has 0 radical (unpaired) electrons. The zero-order valence-corrected chi connectivity index (χ0v) is 12.4. The third-order valence-corrected chi connectivity index (χ3v) is 3.12. The number of ether oxygens (including phenoxy) is 1. The molecule has 0 saturated heterocycles. The molecule has 0 aliphatic carbocycles. The highest BCUT2D eigenvalue weighted by Crippen LogP contribution is 2.24. The van der Waals surface area contributed by atoms with Gasteiger partial charge in [-0.15, -0.1) is 0 Å². The highest BCUT2D eigenvalue weighted by Gasteiger charge is 2.13. The lowest BCUT2D eigenvalue weighted by molar-refractivity contribution is -0.129. The zero-order valence-electron chi connectivity index (χ0n) is 12.4. The van der Waals surface area contributed by atoms with E-state index in [9.17, 15) is 9.18 Å². The van der Waals surface area contributed by atoms with Gasteiger partial charge in [0, 0.05) is 20.1 Å². The number of nitrogens with zero attached hydrogens (tertiary/aromatic N) is 1. The van der Waals surface area contributed by atoms with Crippen LogP contribution in [0.5, 0.6) is 5.75 Å². The van der Waals surface area contributed by atoms with Crippen molar-refractivity contribution in [2.75, 3.05) is 20.7 Å². The number of hydrogen-bond acceptors (Lipinski definition) is 3. The molecule has 1 unspecified atom stereocenters. The van der Waals surface area contributed by atoms with Gasteiger partial charge in [0.15, 0.2) is 11.6 Å². The molecule has 112 valence electrons. The van der Waals surface area contributed by atoms with Gasteiger partial charge in [0.2, 0.25) is 5.91 Å². The molecule has 1 atom stereocenters. The van der Waals surface area contributed by atoms with Crippen molar-refractivity contribution in [3.63, 3.8) is 0 Å². The molecule has 20 heavy (non-hydrogen) atoms. The Morgan fingerprint density at radius 2 is 2.15 bits per heavy atom. The summed E-state index contributed by atoms with van der Waals surface area (Å²) in [7, 11) is 3.36. The van der Waals surface area contributed by atoms with Gasteiger partial charge in [0.25, 0.3) is 0 Å². The number of amides is 1. The topological polar surface area (TPSA) is 55.6 Å². The number of halogens is 1. The Morgan fingerprint density at radius 3 is 2.75 bits per heavy atom. The first-order chi connectivity index (χ1) is 9.45. The van der Waals surface area contributed by atoms with E-state index in [4.69, 9.17) is 10.5 Å². The van der Waals surface area contributed by atoms with Crippen LogP contribution in [-0.2, 0) is 11.2 Å². The Labute approximate surface area is 119 Å². The standard InChI is InChI=1S/C15H23FN2O2/c1-4-12(17)10-11-6-5-7-13(16)15(11)20-9-8-14(19)18(2)3/h5-7,12H,4,8-10,17H2,1-3H3. The van der Waals surface area contributed by atoms with Gasteiger partial charge < -0.3 is 15.4 Å². The van der Waals surface area contributed by atoms with E-state index in [1.807, 2.05) is 13.0 Å². The maximum atomic E-state index is 13.8. The Balaban J connectivity index is 2.70. The first-order valence-corrected chi connectivity index (χ1v) is 6.81. The van der Waals surface area contributed by atoms with Crippen molar-refractivity contribution in [3.05, 3.63) is 29.6 Å². The van der Waals surface area contributed by atoms with Crippen LogP contribution in [0.25, 0.3) is 0 Å². The van der Waals surface area contributed by atoms with Crippen LogP contribution in [0.1, 0.15) is 25.3 Å². The number of rotatable bonds is 7. The van der Waals surface area contributed by atoms with Gasteiger partial charge in [-0.05, 0) is 24.5 Å². The summed E-state index contributed by atoms with van der Waals surface area (Å²) in [5, 5.41) is 0. The molecule has 0 heterocycles. The van der Waals surface area contributed by atoms with Gasteiger partial charge in [-0.2, -0.15) is 0 Å². The second-order valence-corrected chi connectivity index (χ2v) is 4.99. The second-order valence-electron chi connectivity index (χ2n) is 4.99. The van der Waals surface area contributed by atoms with Crippen LogP contribution in [0, 0.1) is 5.82 Å². The predicted molar refractivity (Wildman–Crippen MR) is 77.2 cm³/mol. The van der Waals surface area contributed by atoms with Gasteiger partial charge in [0.05, 0.1) is 13.0 Å². The summed E-state index contributed by atoms with van der Waals surface area (Å²) < 4.78 is 19.3. The molecule has 2 N–H and O–H groups in total. The lowest BCUT2D eigenvalue weighted by Gasteiger charge is -2.16. The number of hydrogen-bond donors (Lipinski definition) is 1. The van der Waals surface area contributed by atoms with E-state index < -0.39 is 5.82 Å². The van der Waals surface area contributed by atoms with Crippen LogP contribution in [0.4, 0.5) is 4.39 Å². The fraction of sp³-hybridized carbons (Fsp3) is 0.533. The van der Waals surface area contributed by atoms with E-state index in [2.05, 4.69) is 0 Å². The van der Waals surface area contributed by atoms with E-state index in [0.29, 0.717) is 6.42 Å². The Bertz CT molecular complexity index is 449. The number of carbonyl (C=O) groups is 1. The second kappa shape index (κ2) is 7.85. The fourth-order valence-electron chi connectivity index (χ4n) is 1.77. The van der Waals surface area contributed by atoms with Crippen molar-refractivity contribution in [1.29, 1.82) is 0 Å². The van der Waals surface area contributed by atoms with E-state index in [0.717, 1.165) is 12.0 Å². The molecule has 1 aromatic rings. The molecule has 1 amide bonds. The summed E-state index contributed by atoms with van der Waals surface area (Å²) in [6, 6.07) is 4.78. The molecule has 0 spiro atoms. The van der Waals surface area contributed by atoms with Crippen molar-refractivity contribution >= 4 is 5.91 Å². The van der Waals surface area contributed by atoms with E-state index in [-0.39, 0.29) is 30.7 Å². The summed E-state index contributed by atoms with van der Waals surface area (Å²) >= 11 is 0. The largest absolute Gasteiger partial charge is 0.490 e. The third kappa shape index (κ3) is 4.81. The van der Waals surface area contributed by atoms with Crippen molar-refractivity contribution in [2.24, 2.45) is 5.73 Å². The van der Waals surface area contributed by atoms with E-state index in [1.165, 1.54) is 11.0 Å². The molecule has 0 aromatic heterocycles. The molecule has 0 bridgehead atoms. The molecule has 1 aromatic carbocycles. The summed E-state index contributed by atoms with van der Waals surface area (Å²) in [5.74, 6) is -0.251. The average molecular weight is 282 g/mol. The van der Waals surface area contributed by atoms with Crippen molar-refractivity contribution in [1.82, 2.24) is 4.90 Å². The summed E-state index contributed by atoms with van der Waals surface area (Å²) in [4.78, 5) is 12.9. The molecule has 0 fully saturated rings. The summed E-state index contributed by atoms with van der Waals surface area (Å²) in [6.45, 7) is 2.15. The van der Waals surface area contributed by atoms with Crippen molar-refractivity contribution in [2.45, 2.75) is 32.2 Å². The van der Waals surface area contributed by atoms with Gasteiger partial charge in [-0.3, -0.25) is 4.79 Å². The highest BCUT2D eigenvalue weighted by molar-refractivity contribution is 5.75. The normalized spacial score (nSPS) is 12.1. The van der Waals surface area contributed by atoms with Crippen LogP contribution < -0.4 is 10.5 Å². The minimum absolute atomic E-state index is 0.0254. The lowest BCUT2D eigenvalue weighted by Crippen LogP contribution is -2.24. The average Bonchev–Trinajstić information content (AvgIpc) is 2.41.